The average Bonchev–Trinajstić information content (AvgIpc) is 2.52. The van der Waals surface area contributed by atoms with Gasteiger partial charge < -0.3 is 15.7 Å². The highest BCUT2D eigenvalue weighted by Crippen LogP contribution is 2.15. The number of benzene rings is 2. The highest BCUT2D eigenvalue weighted by molar-refractivity contribution is 9.10. The van der Waals surface area contributed by atoms with Crippen molar-refractivity contribution in [2.24, 2.45) is 0 Å². The molecule has 2 aromatic carbocycles. The number of amides is 2. The molecule has 0 fully saturated rings. The summed E-state index contributed by atoms with van der Waals surface area (Å²) in [5, 5.41) is 14.6. The smallest absolute Gasteiger partial charge is 0.315 e. The maximum absolute atomic E-state index is 11.7. The van der Waals surface area contributed by atoms with E-state index in [1.165, 1.54) is 0 Å². The molecule has 0 atom stereocenters. The van der Waals surface area contributed by atoms with Crippen LogP contribution in [0.5, 0.6) is 0 Å². The number of hydrogen-bond donors (Lipinski definition) is 3. The van der Waals surface area contributed by atoms with Crippen molar-refractivity contribution in [3.8, 4) is 0 Å². The first-order chi connectivity index (χ1) is 10.2. The number of aliphatic hydroxyl groups excluding tert-OH is 1. The van der Waals surface area contributed by atoms with E-state index in [1.54, 1.807) is 0 Å². The second-order valence-corrected chi connectivity index (χ2v) is 5.46. The molecule has 0 saturated carbocycles. The maximum atomic E-state index is 11.7. The second kappa shape index (κ2) is 7.81. The lowest BCUT2D eigenvalue weighted by Crippen LogP contribution is -2.34. The molecule has 2 aromatic rings. The molecule has 0 aromatic heterocycles. The monoisotopic (exact) mass is 348 g/mol. The predicted octanol–water partition coefficient (Wildman–Crippen LogP) is 2.94. The summed E-state index contributed by atoms with van der Waals surface area (Å²) in [6.45, 7) is 0.949. The van der Waals surface area contributed by atoms with Gasteiger partial charge in [-0.15, -0.1) is 0 Å². The summed E-state index contributed by atoms with van der Waals surface area (Å²) in [5.74, 6) is 0. The van der Waals surface area contributed by atoms with Crippen molar-refractivity contribution in [1.29, 1.82) is 0 Å². The Morgan fingerprint density at radius 1 is 0.952 bits per heavy atom. The Morgan fingerprint density at radius 2 is 1.57 bits per heavy atom. The first kappa shape index (κ1) is 15.5. The lowest BCUT2D eigenvalue weighted by Gasteiger charge is -2.09. The minimum absolute atomic E-state index is 0.0279. The number of hydrogen-bond acceptors (Lipinski definition) is 2. The number of aliphatic hydroxyl groups is 1. The lowest BCUT2D eigenvalue weighted by molar-refractivity contribution is 0.240. The van der Waals surface area contributed by atoms with E-state index in [4.69, 9.17) is 5.11 Å². The highest BCUT2D eigenvalue weighted by atomic mass is 79.9. The number of carbonyl (C=O) groups is 1. The van der Waals surface area contributed by atoms with Crippen molar-refractivity contribution in [3.05, 3.63) is 69.7 Å². The van der Waals surface area contributed by atoms with Gasteiger partial charge in [-0.1, -0.05) is 58.4 Å². The average molecular weight is 349 g/mol. The quantitative estimate of drug-likeness (QED) is 0.777. The van der Waals surface area contributed by atoms with Crippen molar-refractivity contribution >= 4 is 22.0 Å². The van der Waals surface area contributed by atoms with Crippen molar-refractivity contribution in [2.75, 3.05) is 0 Å². The van der Waals surface area contributed by atoms with Gasteiger partial charge in [0.15, 0.2) is 0 Å². The molecule has 2 rings (SSSR count). The summed E-state index contributed by atoms with van der Waals surface area (Å²) in [6, 6.07) is 15.0. The van der Waals surface area contributed by atoms with Gasteiger partial charge in [-0.3, -0.25) is 0 Å². The van der Waals surface area contributed by atoms with Gasteiger partial charge in [0.1, 0.15) is 0 Å². The van der Waals surface area contributed by atoms with Crippen LogP contribution >= 0.6 is 15.9 Å². The molecule has 4 nitrogen and oxygen atoms in total. The Hall–Kier alpha value is -1.85. The van der Waals surface area contributed by atoms with Crippen molar-refractivity contribution in [3.63, 3.8) is 0 Å². The van der Waals surface area contributed by atoms with Crippen molar-refractivity contribution in [1.82, 2.24) is 10.6 Å². The largest absolute Gasteiger partial charge is 0.392 e. The fourth-order valence-electron chi connectivity index (χ4n) is 1.82. The topological polar surface area (TPSA) is 61.4 Å². The third-order valence-corrected chi connectivity index (χ3v) is 3.83. The standard InChI is InChI=1S/C16H17BrN2O2/c17-15-4-2-1-3-14(15)10-19-16(21)18-9-12-5-7-13(11-20)8-6-12/h1-8,20H,9-11H2,(H2,18,19,21). The Kier molecular flexibility index (Phi) is 5.78. The van der Waals surface area contributed by atoms with Gasteiger partial charge in [-0.05, 0) is 22.8 Å². The molecule has 0 radical (unpaired) electrons. The summed E-state index contributed by atoms with van der Waals surface area (Å²) in [6.07, 6.45) is 0. The van der Waals surface area contributed by atoms with Crippen LogP contribution in [0.4, 0.5) is 4.79 Å². The van der Waals surface area contributed by atoms with E-state index in [0.717, 1.165) is 21.2 Å². The molecule has 0 heterocycles. The number of urea groups is 1. The maximum Gasteiger partial charge on any atom is 0.315 e. The molecule has 0 aliphatic carbocycles. The number of carbonyl (C=O) groups excluding carboxylic acids is 1. The fraction of sp³-hybridized carbons (Fsp3) is 0.188. The van der Waals surface area contributed by atoms with Gasteiger partial charge >= 0.3 is 6.03 Å². The molecular weight excluding hydrogens is 332 g/mol. The number of halogens is 1. The zero-order valence-corrected chi connectivity index (χ0v) is 13.1. The van der Waals surface area contributed by atoms with Crippen molar-refractivity contribution < 1.29 is 9.90 Å². The van der Waals surface area contributed by atoms with Crippen LogP contribution in [0.2, 0.25) is 0 Å². The van der Waals surface area contributed by atoms with Crippen LogP contribution in [0.1, 0.15) is 16.7 Å². The zero-order chi connectivity index (χ0) is 15.1. The van der Waals surface area contributed by atoms with Crippen molar-refractivity contribution in [2.45, 2.75) is 19.7 Å². The van der Waals surface area contributed by atoms with E-state index in [9.17, 15) is 4.79 Å². The summed E-state index contributed by atoms with van der Waals surface area (Å²) < 4.78 is 0.977. The Morgan fingerprint density at radius 3 is 2.24 bits per heavy atom. The molecule has 110 valence electrons. The minimum atomic E-state index is -0.211. The molecule has 0 unspecified atom stereocenters. The van der Waals surface area contributed by atoms with Gasteiger partial charge in [0.05, 0.1) is 6.61 Å². The van der Waals surface area contributed by atoms with Gasteiger partial charge in [0.2, 0.25) is 0 Å². The SMILES string of the molecule is O=C(NCc1ccc(CO)cc1)NCc1ccccc1Br. The highest BCUT2D eigenvalue weighted by Gasteiger charge is 2.03. The normalized spacial score (nSPS) is 10.2. The lowest BCUT2D eigenvalue weighted by atomic mass is 10.1. The summed E-state index contributed by atoms with van der Waals surface area (Å²) in [4.78, 5) is 11.7. The summed E-state index contributed by atoms with van der Waals surface area (Å²) in [5.41, 5.74) is 2.88. The molecule has 0 spiro atoms. The van der Waals surface area contributed by atoms with Crippen LogP contribution in [0, 0.1) is 0 Å². The molecule has 0 saturated heterocycles. The van der Waals surface area contributed by atoms with E-state index < -0.39 is 0 Å². The summed E-state index contributed by atoms with van der Waals surface area (Å²) >= 11 is 3.44. The van der Waals surface area contributed by atoms with E-state index in [2.05, 4.69) is 26.6 Å². The van der Waals surface area contributed by atoms with Gasteiger partial charge in [0.25, 0.3) is 0 Å². The third kappa shape index (κ3) is 4.88. The minimum Gasteiger partial charge on any atom is -0.392 e. The second-order valence-electron chi connectivity index (χ2n) is 4.60. The Bertz CT molecular complexity index is 599. The van der Waals surface area contributed by atoms with Gasteiger partial charge in [-0.2, -0.15) is 0 Å². The first-order valence-corrected chi connectivity index (χ1v) is 7.42. The first-order valence-electron chi connectivity index (χ1n) is 6.63. The van der Waals surface area contributed by atoms with Crippen LogP contribution in [0.25, 0.3) is 0 Å². The molecule has 0 bridgehead atoms. The van der Waals surface area contributed by atoms with Crippen LogP contribution in [-0.2, 0) is 19.7 Å². The van der Waals surface area contributed by atoms with E-state index in [-0.39, 0.29) is 12.6 Å². The van der Waals surface area contributed by atoms with Crippen LogP contribution in [0.15, 0.2) is 53.0 Å². The predicted molar refractivity (Wildman–Crippen MR) is 85.6 cm³/mol. The van der Waals surface area contributed by atoms with E-state index in [0.29, 0.717) is 13.1 Å². The molecule has 21 heavy (non-hydrogen) atoms. The number of nitrogens with one attached hydrogen (secondary N) is 2. The van der Waals surface area contributed by atoms with E-state index in [1.807, 2.05) is 48.5 Å². The molecule has 0 aliphatic rings. The molecule has 3 N–H and O–H groups in total. The molecular formula is C16H17BrN2O2. The zero-order valence-electron chi connectivity index (χ0n) is 11.5. The van der Waals surface area contributed by atoms with Gasteiger partial charge in [0, 0.05) is 17.6 Å². The number of rotatable bonds is 5. The van der Waals surface area contributed by atoms with Crippen LogP contribution in [-0.4, -0.2) is 11.1 Å². The third-order valence-electron chi connectivity index (χ3n) is 3.06. The molecule has 2 amide bonds. The van der Waals surface area contributed by atoms with Gasteiger partial charge in [-0.25, -0.2) is 4.79 Å². The molecule has 5 heteroatoms. The fourth-order valence-corrected chi connectivity index (χ4v) is 2.25. The van der Waals surface area contributed by atoms with E-state index >= 15 is 0 Å². The Balaban J connectivity index is 1.78. The van der Waals surface area contributed by atoms with Crippen LogP contribution in [0.3, 0.4) is 0 Å². The Labute approximate surface area is 132 Å². The van der Waals surface area contributed by atoms with Crippen LogP contribution < -0.4 is 10.6 Å². The summed E-state index contributed by atoms with van der Waals surface area (Å²) in [7, 11) is 0. The molecule has 0 aliphatic heterocycles.